The van der Waals surface area contributed by atoms with Gasteiger partial charge in [0.15, 0.2) is 5.96 Å². The molecular weight excluding hydrogens is 276 g/mol. The molecule has 0 saturated heterocycles. The highest BCUT2D eigenvalue weighted by molar-refractivity contribution is 5.79. The van der Waals surface area contributed by atoms with Gasteiger partial charge in [-0.25, -0.2) is 4.99 Å². The molecule has 0 amide bonds. The number of benzene rings is 1. The molecule has 1 aromatic heterocycles. The van der Waals surface area contributed by atoms with E-state index in [0.717, 1.165) is 23.8 Å². The summed E-state index contributed by atoms with van der Waals surface area (Å²) in [4.78, 5) is 4.54. The molecule has 0 bridgehead atoms. The Balaban J connectivity index is 2.00. The van der Waals surface area contributed by atoms with Crippen LogP contribution in [-0.4, -0.2) is 22.3 Å². The number of guanidine groups is 1. The largest absolute Gasteiger partial charge is 0.357 e. The van der Waals surface area contributed by atoms with E-state index in [1.165, 1.54) is 0 Å². The van der Waals surface area contributed by atoms with E-state index in [4.69, 9.17) is 5.26 Å². The minimum atomic E-state index is 0.524. The van der Waals surface area contributed by atoms with Crippen LogP contribution in [0.15, 0.2) is 41.5 Å². The van der Waals surface area contributed by atoms with Gasteiger partial charge in [-0.2, -0.15) is 10.4 Å². The standard InChI is InChI=1S/C16H20N6/c1-3-18-16(20-12-15-7-8-21-22(15)2)19-11-14-6-4-5-13(9-14)10-17/h4-9H,3,11-12H2,1-2H3,(H2,18,19,20). The van der Waals surface area contributed by atoms with Crippen LogP contribution in [0.5, 0.6) is 0 Å². The quantitative estimate of drug-likeness (QED) is 0.648. The van der Waals surface area contributed by atoms with E-state index in [9.17, 15) is 0 Å². The van der Waals surface area contributed by atoms with Gasteiger partial charge in [0.1, 0.15) is 0 Å². The van der Waals surface area contributed by atoms with Gasteiger partial charge in [-0.05, 0) is 30.7 Å². The molecule has 0 unspecified atom stereocenters. The van der Waals surface area contributed by atoms with Gasteiger partial charge in [0.2, 0.25) is 0 Å². The van der Waals surface area contributed by atoms with Crippen LogP contribution >= 0.6 is 0 Å². The summed E-state index contributed by atoms with van der Waals surface area (Å²) >= 11 is 0. The van der Waals surface area contributed by atoms with Crippen molar-refractivity contribution >= 4 is 5.96 Å². The molecule has 2 N–H and O–H groups in total. The first-order chi connectivity index (χ1) is 10.7. The van der Waals surface area contributed by atoms with E-state index >= 15 is 0 Å². The monoisotopic (exact) mass is 296 g/mol. The first-order valence-corrected chi connectivity index (χ1v) is 7.21. The first-order valence-electron chi connectivity index (χ1n) is 7.21. The van der Waals surface area contributed by atoms with E-state index < -0.39 is 0 Å². The van der Waals surface area contributed by atoms with Crippen molar-refractivity contribution in [2.45, 2.75) is 20.0 Å². The minimum absolute atomic E-state index is 0.524. The van der Waals surface area contributed by atoms with Crippen molar-refractivity contribution in [2.24, 2.45) is 12.0 Å². The Morgan fingerprint density at radius 3 is 2.91 bits per heavy atom. The molecule has 114 valence electrons. The van der Waals surface area contributed by atoms with Gasteiger partial charge < -0.3 is 10.6 Å². The van der Waals surface area contributed by atoms with Crippen molar-refractivity contribution in [3.05, 3.63) is 53.3 Å². The molecule has 0 aliphatic heterocycles. The minimum Gasteiger partial charge on any atom is -0.357 e. The van der Waals surface area contributed by atoms with Crippen LogP contribution in [0, 0.1) is 11.3 Å². The zero-order chi connectivity index (χ0) is 15.8. The maximum atomic E-state index is 8.92. The van der Waals surface area contributed by atoms with Crippen LogP contribution in [0.1, 0.15) is 23.7 Å². The van der Waals surface area contributed by atoms with E-state index in [2.05, 4.69) is 26.8 Å². The molecule has 6 nitrogen and oxygen atoms in total. The number of nitrogens with one attached hydrogen (secondary N) is 2. The fourth-order valence-electron chi connectivity index (χ4n) is 2.00. The molecule has 0 aliphatic rings. The van der Waals surface area contributed by atoms with Crippen molar-refractivity contribution < 1.29 is 0 Å². The normalized spacial score (nSPS) is 11.0. The second kappa shape index (κ2) is 7.84. The van der Waals surface area contributed by atoms with Crippen molar-refractivity contribution in [3.63, 3.8) is 0 Å². The van der Waals surface area contributed by atoms with Crippen LogP contribution in [0.25, 0.3) is 0 Å². The number of hydrogen-bond donors (Lipinski definition) is 2. The zero-order valence-corrected chi connectivity index (χ0v) is 12.9. The van der Waals surface area contributed by atoms with E-state index in [-0.39, 0.29) is 0 Å². The molecule has 22 heavy (non-hydrogen) atoms. The Morgan fingerprint density at radius 1 is 1.36 bits per heavy atom. The van der Waals surface area contributed by atoms with Gasteiger partial charge >= 0.3 is 0 Å². The summed E-state index contributed by atoms with van der Waals surface area (Å²) in [5, 5.41) is 19.5. The summed E-state index contributed by atoms with van der Waals surface area (Å²) in [6.45, 7) is 3.99. The Labute approximate surface area is 130 Å². The lowest BCUT2D eigenvalue weighted by atomic mass is 10.1. The van der Waals surface area contributed by atoms with Gasteiger partial charge in [0, 0.05) is 19.8 Å². The Kier molecular flexibility index (Phi) is 5.55. The highest BCUT2D eigenvalue weighted by Gasteiger charge is 2.01. The third-order valence-electron chi connectivity index (χ3n) is 3.18. The lowest BCUT2D eigenvalue weighted by Gasteiger charge is -2.11. The average Bonchev–Trinajstić information content (AvgIpc) is 2.95. The van der Waals surface area contributed by atoms with Gasteiger partial charge in [0.25, 0.3) is 0 Å². The Bertz CT molecular complexity index is 680. The van der Waals surface area contributed by atoms with Crippen molar-refractivity contribution in [2.75, 3.05) is 6.54 Å². The summed E-state index contributed by atoms with van der Waals surface area (Å²) in [6.07, 6.45) is 1.77. The Hall–Kier alpha value is -2.81. The third kappa shape index (κ3) is 4.35. The van der Waals surface area contributed by atoms with Gasteiger partial charge in [-0.3, -0.25) is 4.68 Å². The summed E-state index contributed by atoms with van der Waals surface area (Å²) in [6, 6.07) is 11.6. The SMILES string of the molecule is CCNC(=NCc1cccc(C#N)c1)NCc1ccnn1C. The van der Waals surface area contributed by atoms with Crippen LogP contribution in [0.2, 0.25) is 0 Å². The first kappa shape index (κ1) is 15.6. The fourth-order valence-corrected chi connectivity index (χ4v) is 2.00. The molecule has 0 saturated carbocycles. The second-order valence-corrected chi connectivity index (χ2v) is 4.81. The summed E-state index contributed by atoms with van der Waals surface area (Å²) in [5.74, 6) is 0.742. The maximum Gasteiger partial charge on any atom is 0.191 e. The van der Waals surface area contributed by atoms with Gasteiger partial charge in [-0.1, -0.05) is 12.1 Å². The number of aliphatic imine (C=N–C) groups is 1. The van der Waals surface area contributed by atoms with Crippen molar-refractivity contribution in [3.8, 4) is 6.07 Å². The lowest BCUT2D eigenvalue weighted by Crippen LogP contribution is -2.37. The van der Waals surface area contributed by atoms with Crippen LogP contribution in [0.3, 0.4) is 0 Å². The number of hydrogen-bond acceptors (Lipinski definition) is 3. The fraction of sp³-hybridized carbons (Fsp3) is 0.312. The number of nitriles is 1. The van der Waals surface area contributed by atoms with Crippen molar-refractivity contribution in [1.29, 1.82) is 5.26 Å². The third-order valence-corrected chi connectivity index (χ3v) is 3.18. The van der Waals surface area contributed by atoms with Gasteiger partial charge in [0.05, 0.1) is 30.4 Å². The molecule has 1 heterocycles. The lowest BCUT2D eigenvalue weighted by molar-refractivity contribution is 0.685. The molecule has 0 spiro atoms. The smallest absolute Gasteiger partial charge is 0.191 e. The van der Waals surface area contributed by atoms with Crippen LogP contribution in [0.4, 0.5) is 0 Å². The van der Waals surface area contributed by atoms with E-state index in [1.807, 2.05) is 42.9 Å². The van der Waals surface area contributed by atoms with Crippen LogP contribution in [-0.2, 0) is 20.1 Å². The highest BCUT2D eigenvalue weighted by atomic mass is 15.3. The molecule has 0 aliphatic carbocycles. The topological polar surface area (TPSA) is 78.0 Å². The molecular formula is C16H20N6. The van der Waals surface area contributed by atoms with Gasteiger partial charge in [-0.15, -0.1) is 0 Å². The molecule has 6 heteroatoms. The molecule has 1 aromatic carbocycles. The number of rotatable bonds is 5. The van der Waals surface area contributed by atoms with Crippen LogP contribution < -0.4 is 10.6 Å². The summed E-state index contributed by atoms with van der Waals surface area (Å²) in [5.41, 5.74) is 2.74. The average molecular weight is 296 g/mol. The summed E-state index contributed by atoms with van der Waals surface area (Å²) in [7, 11) is 1.91. The second-order valence-electron chi connectivity index (χ2n) is 4.81. The van der Waals surface area contributed by atoms with E-state index in [0.29, 0.717) is 18.7 Å². The molecule has 2 rings (SSSR count). The summed E-state index contributed by atoms with van der Waals surface area (Å²) < 4.78 is 1.83. The van der Waals surface area contributed by atoms with Crippen molar-refractivity contribution in [1.82, 2.24) is 20.4 Å². The zero-order valence-electron chi connectivity index (χ0n) is 12.9. The highest BCUT2D eigenvalue weighted by Crippen LogP contribution is 2.05. The number of nitrogens with zero attached hydrogens (tertiary/aromatic N) is 4. The maximum absolute atomic E-state index is 8.92. The predicted octanol–water partition coefficient (Wildman–Crippen LogP) is 1.55. The number of aryl methyl sites for hydroxylation is 1. The predicted molar refractivity (Wildman–Crippen MR) is 86.0 cm³/mol. The molecule has 0 radical (unpaired) electrons. The molecule has 0 atom stereocenters. The molecule has 2 aromatic rings. The van der Waals surface area contributed by atoms with E-state index in [1.54, 1.807) is 12.3 Å². The number of aromatic nitrogens is 2. The molecule has 0 fully saturated rings. The Morgan fingerprint density at radius 2 is 2.23 bits per heavy atom.